The maximum absolute atomic E-state index is 11.3. The molecule has 2 heteroatoms. The molecule has 2 nitrogen and oxygen atoms in total. The summed E-state index contributed by atoms with van der Waals surface area (Å²) < 4.78 is 0. The average Bonchev–Trinajstić information content (AvgIpc) is 2.34. The molecule has 13 heavy (non-hydrogen) atoms. The third-order valence-corrected chi connectivity index (χ3v) is 2.75. The van der Waals surface area contributed by atoms with Gasteiger partial charge in [-0.1, -0.05) is 6.92 Å². The fourth-order valence-electron chi connectivity index (χ4n) is 2.20. The number of ketones is 2. The Morgan fingerprint density at radius 3 is 2.77 bits per heavy atom. The van der Waals surface area contributed by atoms with Crippen molar-refractivity contribution in [2.75, 3.05) is 0 Å². The predicted molar refractivity (Wildman–Crippen MR) is 51.4 cm³/mol. The van der Waals surface area contributed by atoms with Gasteiger partial charge in [-0.3, -0.25) is 4.79 Å². The Labute approximate surface area is 79.7 Å². The number of hydrogen-bond acceptors (Lipinski definition) is 2. The van der Waals surface area contributed by atoms with Crippen LogP contribution in [0.3, 0.4) is 0 Å². The van der Waals surface area contributed by atoms with Crippen molar-refractivity contribution in [1.82, 2.24) is 0 Å². The molecule has 1 rings (SSSR count). The molecule has 0 aliphatic heterocycles. The van der Waals surface area contributed by atoms with Gasteiger partial charge in [0.1, 0.15) is 11.6 Å². The summed E-state index contributed by atoms with van der Waals surface area (Å²) in [5, 5.41) is 0. The first-order valence-corrected chi connectivity index (χ1v) is 5.11. The first-order chi connectivity index (χ1) is 6.09. The largest absolute Gasteiger partial charge is 0.300 e. The van der Waals surface area contributed by atoms with Crippen molar-refractivity contribution in [3.63, 3.8) is 0 Å². The van der Waals surface area contributed by atoms with Crippen molar-refractivity contribution in [1.29, 1.82) is 0 Å². The Balaban J connectivity index is 2.30. The van der Waals surface area contributed by atoms with Crippen LogP contribution < -0.4 is 0 Å². The zero-order valence-corrected chi connectivity index (χ0v) is 8.51. The van der Waals surface area contributed by atoms with Gasteiger partial charge in [-0.25, -0.2) is 0 Å². The van der Waals surface area contributed by atoms with E-state index in [9.17, 15) is 9.59 Å². The third-order valence-electron chi connectivity index (χ3n) is 2.75. The topological polar surface area (TPSA) is 34.1 Å². The van der Waals surface area contributed by atoms with E-state index < -0.39 is 0 Å². The number of hydrogen-bond donors (Lipinski definition) is 0. The minimum Gasteiger partial charge on any atom is -0.300 e. The van der Waals surface area contributed by atoms with Crippen LogP contribution in [0.2, 0.25) is 0 Å². The zero-order valence-electron chi connectivity index (χ0n) is 8.51. The normalized spacial score (nSPS) is 24.8. The van der Waals surface area contributed by atoms with E-state index in [-0.39, 0.29) is 11.7 Å². The molecule has 0 amide bonds. The molecule has 0 aromatic heterocycles. The molecule has 1 aliphatic rings. The standard InChI is InChI=1S/C11H18O2/c1-8(6-9(2)12)7-10-4-3-5-11(10)13/h8,10H,3-7H2,1-2H3. The molecule has 74 valence electrons. The predicted octanol–water partition coefficient (Wildman–Crippen LogP) is 2.36. The second-order valence-electron chi connectivity index (χ2n) is 4.30. The highest BCUT2D eigenvalue weighted by Gasteiger charge is 2.25. The lowest BCUT2D eigenvalue weighted by atomic mass is 9.91. The lowest BCUT2D eigenvalue weighted by molar-refractivity contribution is -0.122. The van der Waals surface area contributed by atoms with Crippen LogP contribution in [0.4, 0.5) is 0 Å². The summed E-state index contributed by atoms with van der Waals surface area (Å²) >= 11 is 0. The van der Waals surface area contributed by atoms with Gasteiger partial charge in [0, 0.05) is 18.8 Å². The summed E-state index contributed by atoms with van der Waals surface area (Å²) in [6.07, 6.45) is 4.40. The van der Waals surface area contributed by atoms with Crippen molar-refractivity contribution in [2.24, 2.45) is 11.8 Å². The smallest absolute Gasteiger partial charge is 0.135 e. The van der Waals surface area contributed by atoms with Crippen LogP contribution in [0, 0.1) is 11.8 Å². The summed E-state index contributed by atoms with van der Waals surface area (Å²) in [6.45, 7) is 3.68. The molecular formula is C11H18O2. The first-order valence-electron chi connectivity index (χ1n) is 5.11. The van der Waals surface area contributed by atoms with E-state index in [2.05, 4.69) is 6.92 Å². The average molecular weight is 182 g/mol. The van der Waals surface area contributed by atoms with Gasteiger partial charge in [0.2, 0.25) is 0 Å². The second kappa shape index (κ2) is 4.54. The van der Waals surface area contributed by atoms with E-state index in [1.54, 1.807) is 6.92 Å². The van der Waals surface area contributed by atoms with E-state index in [0.29, 0.717) is 18.1 Å². The Morgan fingerprint density at radius 1 is 1.62 bits per heavy atom. The van der Waals surface area contributed by atoms with Gasteiger partial charge in [-0.2, -0.15) is 0 Å². The summed E-state index contributed by atoms with van der Waals surface area (Å²) in [5.41, 5.74) is 0. The summed E-state index contributed by atoms with van der Waals surface area (Å²) in [6, 6.07) is 0. The maximum atomic E-state index is 11.3. The van der Waals surface area contributed by atoms with Gasteiger partial charge in [0.05, 0.1) is 0 Å². The van der Waals surface area contributed by atoms with Gasteiger partial charge < -0.3 is 4.79 Å². The van der Waals surface area contributed by atoms with Crippen molar-refractivity contribution >= 4 is 11.6 Å². The quantitative estimate of drug-likeness (QED) is 0.668. The number of carbonyl (C=O) groups is 2. The van der Waals surface area contributed by atoms with Gasteiger partial charge >= 0.3 is 0 Å². The Bertz CT molecular complexity index is 208. The molecule has 0 aromatic carbocycles. The molecule has 0 N–H and O–H groups in total. The zero-order chi connectivity index (χ0) is 9.84. The molecule has 1 saturated carbocycles. The third kappa shape index (κ3) is 3.29. The van der Waals surface area contributed by atoms with Crippen LogP contribution in [0.25, 0.3) is 0 Å². The highest BCUT2D eigenvalue weighted by atomic mass is 16.1. The van der Waals surface area contributed by atoms with Crippen LogP contribution in [-0.4, -0.2) is 11.6 Å². The van der Waals surface area contributed by atoms with Gasteiger partial charge in [-0.15, -0.1) is 0 Å². The lowest BCUT2D eigenvalue weighted by Gasteiger charge is -2.13. The SMILES string of the molecule is CC(=O)CC(C)CC1CCCC1=O. The molecule has 2 atom stereocenters. The number of rotatable bonds is 4. The van der Waals surface area contributed by atoms with Gasteiger partial charge in [0.15, 0.2) is 0 Å². The summed E-state index contributed by atoms with van der Waals surface area (Å²) in [7, 11) is 0. The van der Waals surface area contributed by atoms with Crippen molar-refractivity contribution in [3.8, 4) is 0 Å². The highest BCUT2D eigenvalue weighted by molar-refractivity contribution is 5.83. The fourth-order valence-corrected chi connectivity index (χ4v) is 2.20. The molecule has 1 aliphatic carbocycles. The van der Waals surface area contributed by atoms with E-state index >= 15 is 0 Å². The number of carbonyl (C=O) groups excluding carboxylic acids is 2. The van der Waals surface area contributed by atoms with Crippen molar-refractivity contribution in [2.45, 2.75) is 46.0 Å². The molecule has 2 unspecified atom stereocenters. The summed E-state index contributed by atoms with van der Waals surface area (Å²) in [4.78, 5) is 22.1. The van der Waals surface area contributed by atoms with Gasteiger partial charge in [0.25, 0.3) is 0 Å². The monoisotopic (exact) mass is 182 g/mol. The molecule has 1 fully saturated rings. The molecule has 0 saturated heterocycles. The highest BCUT2D eigenvalue weighted by Crippen LogP contribution is 2.28. The molecule has 0 spiro atoms. The van der Waals surface area contributed by atoms with E-state index in [1.807, 2.05) is 0 Å². The Kier molecular flexibility index (Phi) is 3.64. The molecule has 0 bridgehead atoms. The van der Waals surface area contributed by atoms with Crippen molar-refractivity contribution < 1.29 is 9.59 Å². The minimum absolute atomic E-state index is 0.234. The van der Waals surface area contributed by atoms with Crippen LogP contribution >= 0.6 is 0 Å². The number of Topliss-reactive ketones (excluding diaryl/α,β-unsaturated/α-hetero) is 2. The molecule has 0 aromatic rings. The maximum Gasteiger partial charge on any atom is 0.135 e. The second-order valence-corrected chi connectivity index (χ2v) is 4.30. The van der Waals surface area contributed by atoms with E-state index in [1.165, 1.54) is 0 Å². The lowest BCUT2D eigenvalue weighted by Crippen LogP contribution is -2.12. The summed E-state index contributed by atoms with van der Waals surface area (Å²) in [5.74, 6) is 1.28. The Morgan fingerprint density at radius 2 is 2.31 bits per heavy atom. The molecule has 0 radical (unpaired) electrons. The first kappa shape index (κ1) is 10.4. The van der Waals surface area contributed by atoms with Crippen LogP contribution in [0.15, 0.2) is 0 Å². The molecular weight excluding hydrogens is 164 g/mol. The Hall–Kier alpha value is -0.660. The van der Waals surface area contributed by atoms with E-state index in [0.717, 1.165) is 25.7 Å². The minimum atomic E-state index is 0.234. The van der Waals surface area contributed by atoms with Crippen LogP contribution in [-0.2, 0) is 9.59 Å². The van der Waals surface area contributed by atoms with Crippen molar-refractivity contribution in [3.05, 3.63) is 0 Å². The van der Waals surface area contributed by atoms with E-state index in [4.69, 9.17) is 0 Å². The molecule has 0 heterocycles. The van der Waals surface area contributed by atoms with Crippen LogP contribution in [0.5, 0.6) is 0 Å². The van der Waals surface area contributed by atoms with Crippen LogP contribution in [0.1, 0.15) is 46.0 Å². The fraction of sp³-hybridized carbons (Fsp3) is 0.818. The van der Waals surface area contributed by atoms with Gasteiger partial charge in [-0.05, 0) is 32.1 Å².